The van der Waals surface area contributed by atoms with Crippen LogP contribution in [0.2, 0.25) is 0 Å². The molecule has 1 aliphatic carbocycles. The van der Waals surface area contributed by atoms with E-state index >= 15 is 0 Å². The van der Waals surface area contributed by atoms with Crippen molar-refractivity contribution in [1.29, 1.82) is 0 Å². The molecule has 1 saturated heterocycles. The first-order valence-electron chi connectivity index (χ1n) is 7.84. The van der Waals surface area contributed by atoms with Gasteiger partial charge in [0.25, 0.3) is 0 Å². The lowest BCUT2D eigenvalue weighted by Gasteiger charge is -2.48. The van der Waals surface area contributed by atoms with E-state index in [2.05, 4.69) is 10.2 Å². The number of thioether (sulfide) groups is 1. The topological polar surface area (TPSA) is 58.4 Å². The van der Waals surface area contributed by atoms with Gasteiger partial charge in [-0.1, -0.05) is 19.3 Å². The summed E-state index contributed by atoms with van der Waals surface area (Å²) in [5.74, 6) is 2.41. The van der Waals surface area contributed by atoms with Gasteiger partial charge in [-0.2, -0.15) is 11.8 Å². The molecule has 7 heteroatoms. The van der Waals surface area contributed by atoms with Crippen LogP contribution in [0.3, 0.4) is 0 Å². The minimum absolute atomic E-state index is 0. The second kappa shape index (κ2) is 9.58. The summed E-state index contributed by atoms with van der Waals surface area (Å²) >= 11 is 2.04. The van der Waals surface area contributed by atoms with E-state index in [1.165, 1.54) is 43.6 Å². The first kappa shape index (κ1) is 22.3. The second-order valence-electron chi connectivity index (χ2n) is 6.79. The number of nitrogens with zero attached hydrogens (tertiary/aromatic N) is 1. The summed E-state index contributed by atoms with van der Waals surface area (Å²) in [6.45, 7) is 6.62. The molecular weight excluding hydrogens is 341 g/mol. The molecule has 1 aliphatic heterocycles. The molecule has 1 saturated carbocycles. The minimum atomic E-state index is -0.784. The van der Waals surface area contributed by atoms with Gasteiger partial charge in [0.15, 0.2) is 0 Å². The van der Waals surface area contributed by atoms with Crippen LogP contribution in [0, 0.1) is 0 Å². The van der Waals surface area contributed by atoms with Gasteiger partial charge in [-0.05, 0) is 26.7 Å². The summed E-state index contributed by atoms with van der Waals surface area (Å²) in [7, 11) is 0. The lowest BCUT2D eigenvalue weighted by molar-refractivity contribution is -0.126. The van der Waals surface area contributed by atoms with Gasteiger partial charge in [0.05, 0.1) is 5.54 Å². The third-order valence-corrected chi connectivity index (χ3v) is 5.57. The van der Waals surface area contributed by atoms with Gasteiger partial charge in [0, 0.05) is 36.7 Å². The number of carbonyl (C=O) groups excluding carboxylic acids is 1. The highest BCUT2D eigenvalue weighted by molar-refractivity contribution is 7.99. The molecule has 0 aromatic rings. The van der Waals surface area contributed by atoms with Gasteiger partial charge in [-0.15, -0.1) is 24.8 Å². The van der Waals surface area contributed by atoms with Crippen molar-refractivity contribution < 1.29 is 4.79 Å². The molecule has 0 bridgehead atoms. The van der Waals surface area contributed by atoms with Crippen molar-refractivity contribution in [2.75, 3.05) is 31.1 Å². The van der Waals surface area contributed by atoms with Crippen LogP contribution in [0.1, 0.15) is 46.0 Å². The Hall–Kier alpha value is 0.320. The molecule has 0 aromatic carbocycles. The monoisotopic (exact) mass is 371 g/mol. The van der Waals surface area contributed by atoms with E-state index in [4.69, 9.17) is 5.73 Å². The first-order chi connectivity index (χ1) is 9.44. The maximum Gasteiger partial charge on any atom is 0.239 e. The van der Waals surface area contributed by atoms with Gasteiger partial charge < -0.3 is 11.1 Å². The molecule has 3 N–H and O–H groups in total. The normalized spacial score (nSPS) is 22.1. The van der Waals surface area contributed by atoms with Gasteiger partial charge in [0.2, 0.25) is 5.91 Å². The maximum atomic E-state index is 12.1. The van der Waals surface area contributed by atoms with Crippen molar-refractivity contribution in [3.63, 3.8) is 0 Å². The van der Waals surface area contributed by atoms with Crippen molar-refractivity contribution >= 4 is 42.5 Å². The molecule has 2 aliphatic rings. The molecule has 0 aromatic heterocycles. The van der Waals surface area contributed by atoms with Crippen molar-refractivity contribution in [2.24, 2.45) is 5.73 Å². The van der Waals surface area contributed by atoms with E-state index < -0.39 is 5.54 Å². The molecule has 1 amide bonds. The zero-order chi connectivity index (χ0) is 14.6. The van der Waals surface area contributed by atoms with E-state index in [9.17, 15) is 4.79 Å². The molecule has 0 unspecified atom stereocenters. The number of rotatable bonds is 4. The third kappa shape index (κ3) is 5.75. The molecular formula is C15H31Cl2N3OS. The van der Waals surface area contributed by atoms with Crippen molar-refractivity contribution in [3.05, 3.63) is 0 Å². The van der Waals surface area contributed by atoms with Crippen molar-refractivity contribution in [1.82, 2.24) is 10.2 Å². The Labute approximate surface area is 151 Å². The molecule has 0 spiro atoms. The highest BCUT2D eigenvalue weighted by Gasteiger charge is 2.39. The Morgan fingerprint density at radius 2 is 1.73 bits per heavy atom. The van der Waals surface area contributed by atoms with Gasteiger partial charge in [-0.3, -0.25) is 9.69 Å². The number of hydrogen-bond donors (Lipinski definition) is 2. The molecule has 4 nitrogen and oxygen atoms in total. The first-order valence-corrected chi connectivity index (χ1v) is 9.00. The molecule has 132 valence electrons. The van der Waals surface area contributed by atoms with E-state index in [0.29, 0.717) is 0 Å². The zero-order valence-corrected chi connectivity index (χ0v) is 16.2. The predicted octanol–water partition coefficient (Wildman–Crippen LogP) is 2.44. The van der Waals surface area contributed by atoms with E-state index in [-0.39, 0.29) is 36.3 Å². The molecule has 1 heterocycles. The van der Waals surface area contributed by atoms with Gasteiger partial charge in [-0.25, -0.2) is 0 Å². The summed E-state index contributed by atoms with van der Waals surface area (Å²) in [5, 5.41) is 3.12. The Morgan fingerprint density at radius 3 is 2.23 bits per heavy atom. The minimum Gasteiger partial charge on any atom is -0.353 e. The zero-order valence-electron chi connectivity index (χ0n) is 13.7. The van der Waals surface area contributed by atoms with E-state index in [1.54, 1.807) is 13.8 Å². The van der Waals surface area contributed by atoms with E-state index in [1.807, 2.05) is 11.8 Å². The van der Waals surface area contributed by atoms with Crippen molar-refractivity contribution in [2.45, 2.75) is 57.0 Å². The second-order valence-corrected chi connectivity index (χ2v) is 8.01. The summed E-state index contributed by atoms with van der Waals surface area (Å²) in [4.78, 5) is 14.7. The maximum absolute atomic E-state index is 12.1. The average molecular weight is 372 g/mol. The quantitative estimate of drug-likeness (QED) is 0.796. The van der Waals surface area contributed by atoms with Crippen LogP contribution in [-0.4, -0.2) is 53.0 Å². The summed E-state index contributed by atoms with van der Waals surface area (Å²) in [5.41, 5.74) is 5.28. The lowest BCUT2D eigenvalue weighted by atomic mass is 9.79. The Kier molecular flexibility index (Phi) is 9.72. The summed E-state index contributed by atoms with van der Waals surface area (Å²) in [6, 6.07) is 0. The molecule has 0 radical (unpaired) electrons. The lowest BCUT2D eigenvalue weighted by Crippen LogP contribution is -2.61. The van der Waals surface area contributed by atoms with Crippen molar-refractivity contribution in [3.8, 4) is 0 Å². The predicted molar refractivity (Wildman–Crippen MR) is 100 cm³/mol. The summed E-state index contributed by atoms with van der Waals surface area (Å²) < 4.78 is 0. The fourth-order valence-electron chi connectivity index (χ4n) is 3.33. The van der Waals surface area contributed by atoms with Crippen LogP contribution in [0.25, 0.3) is 0 Å². The molecule has 2 rings (SSSR count). The molecule has 22 heavy (non-hydrogen) atoms. The fraction of sp³-hybridized carbons (Fsp3) is 0.933. The van der Waals surface area contributed by atoms with Crippen LogP contribution in [0.4, 0.5) is 0 Å². The summed E-state index contributed by atoms with van der Waals surface area (Å²) in [6.07, 6.45) is 6.32. The number of carbonyl (C=O) groups is 1. The van der Waals surface area contributed by atoms with Crippen LogP contribution < -0.4 is 11.1 Å². The highest BCUT2D eigenvalue weighted by atomic mass is 35.5. The standard InChI is InChI=1S/C15H29N3OS.2ClH/c1-14(2,16)13(19)17-12-15(6-4-3-5-7-15)18-8-10-20-11-9-18;;/h3-12,16H2,1-2H3,(H,17,19);2*1H. The fourth-order valence-corrected chi connectivity index (χ4v) is 4.23. The average Bonchev–Trinajstić information content (AvgIpc) is 2.45. The van der Waals surface area contributed by atoms with Crippen LogP contribution in [0.5, 0.6) is 0 Å². The number of nitrogens with two attached hydrogens (primary N) is 1. The van der Waals surface area contributed by atoms with Crippen LogP contribution in [-0.2, 0) is 4.79 Å². The largest absolute Gasteiger partial charge is 0.353 e. The number of hydrogen-bond acceptors (Lipinski definition) is 4. The highest BCUT2D eigenvalue weighted by Crippen LogP contribution is 2.34. The number of nitrogens with one attached hydrogen (secondary N) is 1. The van der Waals surface area contributed by atoms with Gasteiger partial charge >= 0.3 is 0 Å². The Balaban J connectivity index is 0.00000220. The number of halogens is 2. The molecule has 2 fully saturated rings. The SMILES string of the molecule is CC(C)(N)C(=O)NCC1(N2CCSCC2)CCCCC1.Cl.Cl. The smallest absolute Gasteiger partial charge is 0.239 e. The third-order valence-electron chi connectivity index (χ3n) is 4.63. The Bertz CT molecular complexity index is 338. The van der Waals surface area contributed by atoms with E-state index in [0.717, 1.165) is 19.6 Å². The van der Waals surface area contributed by atoms with Crippen LogP contribution >= 0.6 is 36.6 Å². The number of amides is 1. The molecule has 0 atom stereocenters. The Morgan fingerprint density at radius 1 is 1.18 bits per heavy atom. The van der Waals surface area contributed by atoms with Crippen LogP contribution in [0.15, 0.2) is 0 Å². The van der Waals surface area contributed by atoms with Gasteiger partial charge in [0.1, 0.15) is 0 Å².